The third kappa shape index (κ3) is 2.83. The lowest BCUT2D eigenvalue weighted by Crippen LogP contribution is -2.22. The first kappa shape index (κ1) is 12.9. The molecule has 96 valence electrons. The maximum Gasteiger partial charge on any atom is 0.0847 e. The standard InChI is InChI=1S/C13H21ClN2O/c1-3-16-12(13(14)9(2)15-16)8-10-5-4-6-11(17)7-10/h10-11,17H,3-8H2,1-2H3. The summed E-state index contributed by atoms with van der Waals surface area (Å²) >= 11 is 6.30. The van der Waals surface area contributed by atoms with Crippen molar-refractivity contribution < 1.29 is 5.11 Å². The van der Waals surface area contributed by atoms with Crippen LogP contribution in [0.15, 0.2) is 0 Å². The summed E-state index contributed by atoms with van der Waals surface area (Å²) in [5.74, 6) is 0.553. The van der Waals surface area contributed by atoms with E-state index in [0.29, 0.717) is 5.92 Å². The van der Waals surface area contributed by atoms with Crippen molar-refractivity contribution in [2.75, 3.05) is 0 Å². The lowest BCUT2D eigenvalue weighted by molar-refractivity contribution is 0.100. The zero-order chi connectivity index (χ0) is 12.4. The van der Waals surface area contributed by atoms with E-state index in [9.17, 15) is 5.11 Å². The monoisotopic (exact) mass is 256 g/mol. The molecule has 2 unspecified atom stereocenters. The first-order valence-corrected chi connectivity index (χ1v) is 6.89. The SMILES string of the molecule is CCn1nc(C)c(Cl)c1CC1CCCC(O)C1. The van der Waals surface area contributed by atoms with Gasteiger partial charge in [-0.3, -0.25) is 4.68 Å². The number of rotatable bonds is 3. The van der Waals surface area contributed by atoms with E-state index >= 15 is 0 Å². The third-order valence-corrected chi connectivity index (χ3v) is 4.18. The first-order valence-electron chi connectivity index (χ1n) is 6.51. The first-order chi connectivity index (χ1) is 8.11. The molecule has 0 aliphatic heterocycles. The molecule has 1 aromatic rings. The van der Waals surface area contributed by atoms with Crippen molar-refractivity contribution in [1.82, 2.24) is 9.78 Å². The van der Waals surface area contributed by atoms with Gasteiger partial charge in [-0.25, -0.2) is 0 Å². The predicted octanol–water partition coefficient (Wildman–Crippen LogP) is 2.96. The molecule has 1 aliphatic carbocycles. The van der Waals surface area contributed by atoms with E-state index in [1.54, 1.807) is 0 Å². The van der Waals surface area contributed by atoms with Crippen molar-refractivity contribution in [2.45, 2.75) is 58.6 Å². The molecule has 1 N–H and O–H groups in total. The Morgan fingerprint density at radius 1 is 1.47 bits per heavy atom. The van der Waals surface area contributed by atoms with Gasteiger partial charge in [-0.05, 0) is 45.4 Å². The Morgan fingerprint density at radius 3 is 2.88 bits per heavy atom. The van der Waals surface area contributed by atoms with Crippen LogP contribution in [0, 0.1) is 12.8 Å². The van der Waals surface area contributed by atoms with Gasteiger partial charge in [0.25, 0.3) is 0 Å². The van der Waals surface area contributed by atoms with E-state index in [0.717, 1.165) is 48.6 Å². The summed E-state index contributed by atoms with van der Waals surface area (Å²) in [5.41, 5.74) is 2.06. The zero-order valence-corrected chi connectivity index (χ0v) is 11.4. The molecule has 1 aromatic heterocycles. The summed E-state index contributed by atoms with van der Waals surface area (Å²) in [6.07, 6.45) is 5.02. The highest BCUT2D eigenvalue weighted by Crippen LogP contribution is 2.30. The van der Waals surface area contributed by atoms with Gasteiger partial charge in [0.15, 0.2) is 0 Å². The summed E-state index contributed by atoms with van der Waals surface area (Å²) in [4.78, 5) is 0. The van der Waals surface area contributed by atoms with Crippen LogP contribution in [0.25, 0.3) is 0 Å². The lowest BCUT2D eigenvalue weighted by Gasteiger charge is -2.26. The van der Waals surface area contributed by atoms with Gasteiger partial charge in [0, 0.05) is 6.54 Å². The maximum atomic E-state index is 9.70. The second-order valence-corrected chi connectivity index (χ2v) is 5.43. The smallest absolute Gasteiger partial charge is 0.0847 e. The van der Waals surface area contributed by atoms with Gasteiger partial charge in [-0.2, -0.15) is 5.10 Å². The minimum Gasteiger partial charge on any atom is -0.393 e. The van der Waals surface area contributed by atoms with Crippen LogP contribution in [0.1, 0.15) is 44.0 Å². The topological polar surface area (TPSA) is 38.0 Å². The van der Waals surface area contributed by atoms with Crippen LogP contribution < -0.4 is 0 Å². The highest BCUT2D eigenvalue weighted by Gasteiger charge is 2.23. The molecule has 2 atom stereocenters. The Morgan fingerprint density at radius 2 is 2.24 bits per heavy atom. The maximum absolute atomic E-state index is 9.70. The predicted molar refractivity (Wildman–Crippen MR) is 69.3 cm³/mol. The quantitative estimate of drug-likeness (QED) is 0.903. The van der Waals surface area contributed by atoms with Gasteiger partial charge in [0.1, 0.15) is 0 Å². The Balaban J connectivity index is 2.12. The van der Waals surface area contributed by atoms with Crippen LogP contribution in [0.4, 0.5) is 0 Å². The molecule has 0 radical (unpaired) electrons. The Labute approximate surface area is 108 Å². The largest absolute Gasteiger partial charge is 0.393 e. The van der Waals surface area contributed by atoms with E-state index in [4.69, 9.17) is 11.6 Å². The molecule has 1 saturated carbocycles. The summed E-state index contributed by atoms with van der Waals surface area (Å²) in [7, 11) is 0. The fraction of sp³-hybridized carbons (Fsp3) is 0.769. The number of aryl methyl sites for hydroxylation is 2. The molecule has 0 bridgehead atoms. The van der Waals surface area contributed by atoms with E-state index in [2.05, 4.69) is 12.0 Å². The number of aliphatic hydroxyl groups is 1. The van der Waals surface area contributed by atoms with Gasteiger partial charge < -0.3 is 5.11 Å². The van der Waals surface area contributed by atoms with E-state index in [1.165, 1.54) is 6.42 Å². The van der Waals surface area contributed by atoms with Crippen molar-refractivity contribution in [3.05, 3.63) is 16.4 Å². The van der Waals surface area contributed by atoms with Gasteiger partial charge in [-0.1, -0.05) is 18.0 Å². The minimum absolute atomic E-state index is 0.119. The van der Waals surface area contributed by atoms with E-state index in [-0.39, 0.29) is 6.10 Å². The zero-order valence-electron chi connectivity index (χ0n) is 10.6. The third-order valence-electron chi connectivity index (χ3n) is 3.69. The van der Waals surface area contributed by atoms with Crippen molar-refractivity contribution in [3.63, 3.8) is 0 Å². The van der Waals surface area contributed by atoms with Gasteiger partial charge in [0.05, 0.1) is 22.5 Å². The number of aliphatic hydroxyl groups excluding tert-OH is 1. The molecular weight excluding hydrogens is 236 g/mol. The van der Waals surface area contributed by atoms with Crippen LogP contribution >= 0.6 is 11.6 Å². The number of aromatic nitrogens is 2. The van der Waals surface area contributed by atoms with Gasteiger partial charge >= 0.3 is 0 Å². The highest BCUT2D eigenvalue weighted by molar-refractivity contribution is 6.31. The molecule has 1 heterocycles. The van der Waals surface area contributed by atoms with E-state index in [1.807, 2.05) is 11.6 Å². The minimum atomic E-state index is -0.119. The molecule has 0 amide bonds. The van der Waals surface area contributed by atoms with Gasteiger partial charge in [0.2, 0.25) is 0 Å². The average molecular weight is 257 g/mol. The number of hydrogen-bond donors (Lipinski definition) is 1. The second-order valence-electron chi connectivity index (χ2n) is 5.05. The van der Waals surface area contributed by atoms with E-state index < -0.39 is 0 Å². The van der Waals surface area contributed by atoms with Crippen LogP contribution in [-0.2, 0) is 13.0 Å². The van der Waals surface area contributed by atoms with Crippen LogP contribution in [0.3, 0.4) is 0 Å². The summed E-state index contributed by atoms with van der Waals surface area (Å²) in [5, 5.41) is 15.0. The fourth-order valence-corrected chi connectivity index (χ4v) is 3.00. The van der Waals surface area contributed by atoms with Crippen LogP contribution in [0.5, 0.6) is 0 Å². The van der Waals surface area contributed by atoms with Crippen LogP contribution in [0.2, 0.25) is 5.02 Å². The Kier molecular flexibility index (Phi) is 4.10. The van der Waals surface area contributed by atoms with Crippen LogP contribution in [-0.4, -0.2) is 21.0 Å². The highest BCUT2D eigenvalue weighted by atomic mass is 35.5. The summed E-state index contributed by atoms with van der Waals surface area (Å²) < 4.78 is 2.00. The molecule has 0 saturated heterocycles. The molecule has 0 aromatic carbocycles. The number of hydrogen-bond acceptors (Lipinski definition) is 2. The lowest BCUT2D eigenvalue weighted by atomic mass is 9.84. The molecule has 1 fully saturated rings. The average Bonchev–Trinajstić information content (AvgIpc) is 2.57. The summed E-state index contributed by atoms with van der Waals surface area (Å²) in [6, 6.07) is 0. The molecular formula is C13H21ClN2O. The fourth-order valence-electron chi connectivity index (χ4n) is 2.79. The Hall–Kier alpha value is -0.540. The van der Waals surface area contributed by atoms with Gasteiger partial charge in [-0.15, -0.1) is 0 Å². The van der Waals surface area contributed by atoms with Crippen molar-refractivity contribution in [1.29, 1.82) is 0 Å². The molecule has 4 heteroatoms. The molecule has 17 heavy (non-hydrogen) atoms. The van der Waals surface area contributed by atoms with Crippen molar-refractivity contribution in [2.24, 2.45) is 5.92 Å². The van der Waals surface area contributed by atoms with Crippen molar-refractivity contribution in [3.8, 4) is 0 Å². The number of halogens is 1. The molecule has 3 nitrogen and oxygen atoms in total. The molecule has 2 rings (SSSR count). The second kappa shape index (κ2) is 5.40. The molecule has 0 spiro atoms. The normalized spacial score (nSPS) is 25.2. The molecule has 1 aliphatic rings. The van der Waals surface area contributed by atoms with Crippen molar-refractivity contribution >= 4 is 11.6 Å². The summed E-state index contributed by atoms with van der Waals surface area (Å²) in [6.45, 7) is 4.90. The number of nitrogens with zero attached hydrogens (tertiary/aromatic N) is 2. The Bertz CT molecular complexity index is 389.